The van der Waals surface area contributed by atoms with E-state index in [0.29, 0.717) is 55.8 Å². The lowest BCUT2D eigenvalue weighted by Gasteiger charge is -2.27. The first-order chi connectivity index (χ1) is 19.4. The summed E-state index contributed by atoms with van der Waals surface area (Å²) in [6, 6.07) is 9.84. The van der Waals surface area contributed by atoms with E-state index in [1.54, 1.807) is 51.5 Å². The number of para-hydroxylation sites is 1. The number of fused-ring (bicyclic) bond motifs is 1. The highest BCUT2D eigenvalue weighted by molar-refractivity contribution is 7.07. The fourth-order valence-electron chi connectivity index (χ4n) is 4.46. The second-order valence-corrected chi connectivity index (χ2v) is 9.64. The van der Waals surface area contributed by atoms with Crippen molar-refractivity contribution in [3.8, 4) is 23.0 Å². The van der Waals surface area contributed by atoms with Crippen LogP contribution < -0.4 is 33.8 Å². The second-order valence-electron chi connectivity index (χ2n) is 8.63. The lowest BCUT2D eigenvalue weighted by atomic mass is 9.94. The van der Waals surface area contributed by atoms with Gasteiger partial charge in [-0.05, 0) is 38.1 Å². The molecule has 0 spiro atoms. The Balaban J connectivity index is 1.97. The highest BCUT2D eigenvalue weighted by Crippen LogP contribution is 2.40. The van der Waals surface area contributed by atoms with E-state index in [1.165, 1.54) is 30.1 Å². The summed E-state index contributed by atoms with van der Waals surface area (Å²) >= 11 is 1.22. The molecule has 0 radical (unpaired) electrons. The highest BCUT2D eigenvalue weighted by Gasteiger charge is 2.36. The number of methoxy groups -OCH3 is 4. The molecule has 3 aromatic rings. The molecule has 0 unspecified atom stereocenters. The third-order valence-electron chi connectivity index (χ3n) is 6.30. The van der Waals surface area contributed by atoms with E-state index < -0.39 is 12.0 Å². The highest BCUT2D eigenvalue weighted by atomic mass is 32.1. The molecule has 4 rings (SSSR count). The third-order valence-corrected chi connectivity index (χ3v) is 7.28. The number of benzene rings is 2. The molecule has 1 atom stereocenters. The van der Waals surface area contributed by atoms with Gasteiger partial charge in [0.2, 0.25) is 0 Å². The van der Waals surface area contributed by atoms with Crippen molar-refractivity contribution in [1.29, 1.82) is 0 Å². The number of hydrogen-bond donors (Lipinski definition) is 0. The van der Waals surface area contributed by atoms with Gasteiger partial charge in [0.15, 0.2) is 16.3 Å². The molecule has 11 heteroatoms. The van der Waals surface area contributed by atoms with Crippen molar-refractivity contribution < 1.29 is 33.2 Å². The maximum absolute atomic E-state index is 14.0. The molecule has 40 heavy (non-hydrogen) atoms. The fourth-order valence-corrected chi connectivity index (χ4v) is 5.50. The number of nitrogens with zero attached hydrogens (tertiary/aromatic N) is 2. The first-order valence-electron chi connectivity index (χ1n) is 12.6. The fraction of sp³-hybridized carbons (Fsp3) is 0.345. The molecule has 1 aromatic heterocycles. The predicted molar refractivity (Wildman–Crippen MR) is 150 cm³/mol. The van der Waals surface area contributed by atoms with Crippen LogP contribution in [0.25, 0.3) is 6.08 Å². The number of thiazole rings is 1. The number of carbonyl (C=O) groups excluding carboxylic acids is 1. The van der Waals surface area contributed by atoms with Crippen LogP contribution in [0.15, 0.2) is 57.5 Å². The van der Waals surface area contributed by atoms with Gasteiger partial charge in [-0.1, -0.05) is 23.5 Å². The summed E-state index contributed by atoms with van der Waals surface area (Å²) in [5.41, 5.74) is 1.60. The van der Waals surface area contributed by atoms with Gasteiger partial charge in [-0.3, -0.25) is 9.36 Å². The molecule has 0 N–H and O–H groups in total. The standard InChI is InChI=1S/C29H32N2O8S/c1-7-38-26-20(9-8-10-21(26)36-5)25-24(28(33)39-14-13-34-3)17(2)30-29-31(25)27(32)23(40-29)15-18-11-12-19(35-4)16-22(18)37-6/h8-12,15-16,25H,7,13-14H2,1-6H3/b23-15+/t25-/m1/s1. The molecule has 212 valence electrons. The van der Waals surface area contributed by atoms with Crippen LogP contribution in [0.3, 0.4) is 0 Å². The Bertz CT molecular complexity index is 1600. The normalized spacial score (nSPS) is 14.8. The summed E-state index contributed by atoms with van der Waals surface area (Å²) in [6.07, 6.45) is 1.74. The summed E-state index contributed by atoms with van der Waals surface area (Å²) in [4.78, 5) is 32.6. The summed E-state index contributed by atoms with van der Waals surface area (Å²) in [6.45, 7) is 4.21. The minimum Gasteiger partial charge on any atom is -0.497 e. The molecular formula is C29H32N2O8S. The molecule has 2 heterocycles. The zero-order valence-corrected chi connectivity index (χ0v) is 24.1. The van der Waals surface area contributed by atoms with Crippen molar-refractivity contribution in [3.63, 3.8) is 0 Å². The molecule has 0 fully saturated rings. The maximum atomic E-state index is 14.0. The summed E-state index contributed by atoms with van der Waals surface area (Å²) in [7, 11) is 6.18. The zero-order valence-electron chi connectivity index (χ0n) is 23.3. The van der Waals surface area contributed by atoms with Crippen molar-refractivity contribution in [3.05, 3.63) is 78.5 Å². The molecule has 2 aromatic carbocycles. The molecule has 0 aliphatic carbocycles. The van der Waals surface area contributed by atoms with Crippen molar-refractivity contribution in [2.24, 2.45) is 4.99 Å². The largest absolute Gasteiger partial charge is 0.497 e. The Labute approximate surface area is 235 Å². The molecule has 10 nitrogen and oxygen atoms in total. The first-order valence-corrected chi connectivity index (χ1v) is 13.4. The number of aromatic nitrogens is 1. The van der Waals surface area contributed by atoms with Crippen molar-refractivity contribution in [2.45, 2.75) is 19.9 Å². The first kappa shape index (κ1) is 28.9. The van der Waals surface area contributed by atoms with Crippen molar-refractivity contribution in [2.75, 3.05) is 48.3 Å². The molecule has 0 saturated carbocycles. The Morgan fingerprint density at radius 1 is 1.05 bits per heavy atom. The summed E-state index contributed by atoms with van der Waals surface area (Å²) in [5.74, 6) is 1.49. The van der Waals surface area contributed by atoms with Gasteiger partial charge in [0, 0.05) is 24.3 Å². The Kier molecular flexibility index (Phi) is 9.28. The van der Waals surface area contributed by atoms with E-state index in [4.69, 9.17) is 28.4 Å². The molecule has 1 aliphatic heterocycles. The number of rotatable bonds is 11. The molecule has 0 bridgehead atoms. The van der Waals surface area contributed by atoms with E-state index in [0.717, 1.165) is 0 Å². The van der Waals surface area contributed by atoms with Gasteiger partial charge in [-0.2, -0.15) is 0 Å². The minimum atomic E-state index is -0.872. The van der Waals surface area contributed by atoms with Crippen molar-refractivity contribution in [1.82, 2.24) is 4.57 Å². The van der Waals surface area contributed by atoms with Crippen LogP contribution in [0.2, 0.25) is 0 Å². The van der Waals surface area contributed by atoms with Crippen molar-refractivity contribution >= 4 is 23.4 Å². The zero-order chi connectivity index (χ0) is 28.8. The van der Waals surface area contributed by atoms with Crippen LogP contribution in [0.4, 0.5) is 0 Å². The summed E-state index contributed by atoms with van der Waals surface area (Å²) in [5, 5.41) is 0. The average Bonchev–Trinajstić information content (AvgIpc) is 3.26. The van der Waals surface area contributed by atoms with E-state index >= 15 is 0 Å². The van der Waals surface area contributed by atoms with Gasteiger partial charge < -0.3 is 28.4 Å². The van der Waals surface area contributed by atoms with E-state index in [2.05, 4.69) is 4.99 Å². The van der Waals surface area contributed by atoms with E-state index in [-0.39, 0.29) is 24.3 Å². The predicted octanol–water partition coefficient (Wildman–Crippen LogP) is 2.85. The lowest BCUT2D eigenvalue weighted by molar-refractivity contribution is -0.140. The molecule has 0 amide bonds. The van der Waals surface area contributed by atoms with E-state index in [1.807, 2.05) is 19.1 Å². The van der Waals surface area contributed by atoms with Gasteiger partial charge in [-0.15, -0.1) is 0 Å². The maximum Gasteiger partial charge on any atom is 0.338 e. The smallest absolute Gasteiger partial charge is 0.338 e. The number of carbonyl (C=O) groups is 1. The number of allylic oxidation sites excluding steroid dienone is 1. The number of hydrogen-bond acceptors (Lipinski definition) is 10. The van der Waals surface area contributed by atoms with Crippen LogP contribution in [0, 0.1) is 0 Å². The monoisotopic (exact) mass is 568 g/mol. The topological polar surface area (TPSA) is 107 Å². The van der Waals surface area contributed by atoms with Crippen LogP contribution in [-0.4, -0.2) is 58.8 Å². The third kappa shape index (κ3) is 5.61. The van der Waals surface area contributed by atoms with Crippen LogP contribution >= 0.6 is 11.3 Å². The van der Waals surface area contributed by atoms with E-state index in [9.17, 15) is 9.59 Å². The number of esters is 1. The number of ether oxygens (including phenoxy) is 6. The molecular weight excluding hydrogens is 536 g/mol. The van der Waals surface area contributed by atoms with Gasteiger partial charge in [0.1, 0.15) is 24.1 Å². The Morgan fingerprint density at radius 3 is 2.50 bits per heavy atom. The average molecular weight is 569 g/mol. The molecule has 0 saturated heterocycles. The Morgan fingerprint density at radius 2 is 1.82 bits per heavy atom. The summed E-state index contributed by atoms with van der Waals surface area (Å²) < 4.78 is 34.8. The Hall–Kier alpha value is -4.09. The van der Waals surface area contributed by atoms with Crippen LogP contribution in [-0.2, 0) is 14.3 Å². The van der Waals surface area contributed by atoms with Gasteiger partial charge in [0.05, 0.1) is 50.3 Å². The second kappa shape index (κ2) is 12.8. The quantitative estimate of drug-likeness (QED) is 0.257. The van der Waals surface area contributed by atoms with Crippen LogP contribution in [0.5, 0.6) is 23.0 Å². The van der Waals surface area contributed by atoms with Gasteiger partial charge in [-0.25, -0.2) is 9.79 Å². The SMILES string of the molecule is CCOc1c(OC)cccc1[C@@H]1C(C(=O)OCCOC)=C(C)N=c2s/c(=C/c3ccc(OC)cc3OC)c(=O)n21. The lowest BCUT2D eigenvalue weighted by Crippen LogP contribution is -2.40. The van der Waals surface area contributed by atoms with Gasteiger partial charge >= 0.3 is 5.97 Å². The van der Waals surface area contributed by atoms with Crippen LogP contribution in [0.1, 0.15) is 31.0 Å². The molecule has 1 aliphatic rings. The van der Waals surface area contributed by atoms with Gasteiger partial charge in [0.25, 0.3) is 5.56 Å². The minimum absolute atomic E-state index is 0.0525.